The third-order valence-electron chi connectivity index (χ3n) is 4.90. The Balaban J connectivity index is 0.000000461. The molecule has 160 valence electrons. The van der Waals surface area contributed by atoms with Crippen molar-refractivity contribution in [1.82, 2.24) is 4.57 Å². The minimum absolute atomic E-state index is 0.100. The molecular formula is C24H29ClN2O3. The van der Waals surface area contributed by atoms with Crippen LogP contribution >= 0.6 is 11.6 Å². The van der Waals surface area contributed by atoms with Gasteiger partial charge in [0.05, 0.1) is 28.2 Å². The number of benzene rings is 2. The molecule has 0 fully saturated rings. The normalized spacial score (nSPS) is 12.9. The molecule has 0 saturated carbocycles. The smallest absolute Gasteiger partial charge is 0.307 e. The van der Waals surface area contributed by atoms with Gasteiger partial charge in [0, 0.05) is 24.2 Å². The van der Waals surface area contributed by atoms with E-state index in [4.69, 9.17) is 16.7 Å². The maximum atomic E-state index is 11.5. The molecule has 2 aromatic carbocycles. The van der Waals surface area contributed by atoms with Crippen LogP contribution in [-0.2, 0) is 17.8 Å². The van der Waals surface area contributed by atoms with E-state index in [1.165, 1.54) is 5.56 Å². The van der Waals surface area contributed by atoms with E-state index < -0.39 is 11.6 Å². The fourth-order valence-electron chi connectivity index (χ4n) is 3.77. The molecule has 4 rings (SSSR count). The molecule has 0 aliphatic carbocycles. The molecule has 6 heteroatoms. The lowest BCUT2D eigenvalue weighted by molar-refractivity contribution is -0.136. The van der Waals surface area contributed by atoms with E-state index in [1.807, 2.05) is 31.2 Å². The minimum Gasteiger partial charge on any atom is -0.481 e. The van der Waals surface area contributed by atoms with Gasteiger partial charge in [0.1, 0.15) is 0 Å². The average molecular weight is 429 g/mol. The molecule has 5 nitrogen and oxygen atoms in total. The van der Waals surface area contributed by atoms with Crippen LogP contribution < -0.4 is 5.32 Å². The van der Waals surface area contributed by atoms with Gasteiger partial charge in [-0.15, -0.1) is 0 Å². The third-order valence-corrected chi connectivity index (χ3v) is 5.32. The average Bonchev–Trinajstić information content (AvgIpc) is 2.97. The number of carboxylic acid groups (broad SMARTS) is 1. The summed E-state index contributed by atoms with van der Waals surface area (Å²) in [6.07, 6.45) is -0.100. The first-order valence-corrected chi connectivity index (χ1v) is 10.4. The molecule has 0 radical (unpaired) electrons. The zero-order valence-corrected chi connectivity index (χ0v) is 18.9. The molecule has 3 aromatic rings. The zero-order chi connectivity index (χ0) is 22.2. The highest BCUT2D eigenvalue weighted by Crippen LogP contribution is 2.45. The highest BCUT2D eigenvalue weighted by Gasteiger charge is 2.26. The Bertz CT molecular complexity index is 1090. The van der Waals surface area contributed by atoms with Gasteiger partial charge in [-0.25, -0.2) is 0 Å². The number of halogens is 1. The Morgan fingerprint density at radius 2 is 1.80 bits per heavy atom. The summed E-state index contributed by atoms with van der Waals surface area (Å²) in [6, 6.07) is 10.3. The van der Waals surface area contributed by atoms with Gasteiger partial charge in [0.25, 0.3) is 0 Å². The van der Waals surface area contributed by atoms with Crippen LogP contribution in [0.3, 0.4) is 0 Å². The van der Waals surface area contributed by atoms with Crippen LogP contribution in [0.1, 0.15) is 37.6 Å². The summed E-state index contributed by atoms with van der Waals surface area (Å²) >= 11 is 6.69. The Morgan fingerprint density at radius 3 is 2.37 bits per heavy atom. The minimum atomic E-state index is -0.881. The Morgan fingerprint density at radius 1 is 1.20 bits per heavy atom. The maximum Gasteiger partial charge on any atom is 0.307 e. The van der Waals surface area contributed by atoms with E-state index in [-0.39, 0.29) is 6.42 Å². The topological polar surface area (TPSA) is 74.5 Å². The summed E-state index contributed by atoms with van der Waals surface area (Å²) in [5, 5.41) is 22.9. The number of hydrogen-bond donors (Lipinski definition) is 3. The highest BCUT2D eigenvalue weighted by atomic mass is 35.5. The quantitative estimate of drug-likeness (QED) is 0.521. The standard InChI is InChI=1S/C20H19ClN2O2.C4H10O/c1-11-3-5-13(6-4-11)17-14(10-16(24)25)18(21)19-20-15(17)9-12(2)23(20)8-7-22-19;1-4(2,3)5/h3-6,9,22H,7-8,10H2,1-2H3,(H,24,25);5H,1-3H3. The molecule has 0 amide bonds. The van der Waals surface area contributed by atoms with Gasteiger partial charge in [-0.1, -0.05) is 41.4 Å². The van der Waals surface area contributed by atoms with Crippen LogP contribution in [0.15, 0.2) is 30.3 Å². The van der Waals surface area contributed by atoms with Crippen molar-refractivity contribution in [2.24, 2.45) is 0 Å². The van der Waals surface area contributed by atoms with Crippen molar-refractivity contribution in [3.05, 3.63) is 52.2 Å². The predicted molar refractivity (Wildman–Crippen MR) is 124 cm³/mol. The van der Waals surface area contributed by atoms with Gasteiger partial charge >= 0.3 is 5.97 Å². The van der Waals surface area contributed by atoms with Crippen LogP contribution in [0.2, 0.25) is 5.02 Å². The van der Waals surface area contributed by atoms with Crippen LogP contribution in [0, 0.1) is 13.8 Å². The number of nitrogens with zero attached hydrogens (tertiary/aromatic N) is 1. The summed E-state index contributed by atoms with van der Waals surface area (Å²) in [7, 11) is 0. The summed E-state index contributed by atoms with van der Waals surface area (Å²) < 4.78 is 2.26. The largest absolute Gasteiger partial charge is 0.481 e. The summed E-state index contributed by atoms with van der Waals surface area (Å²) in [6.45, 7) is 11.0. The molecule has 0 unspecified atom stereocenters. The number of aliphatic carboxylic acids is 1. The van der Waals surface area contributed by atoms with Gasteiger partial charge in [-0.2, -0.15) is 0 Å². The number of rotatable bonds is 3. The number of carboxylic acids is 1. The second-order valence-corrected chi connectivity index (χ2v) is 9.15. The van der Waals surface area contributed by atoms with Crippen LogP contribution in [-0.4, -0.2) is 32.9 Å². The van der Waals surface area contributed by atoms with Crippen molar-refractivity contribution in [3.8, 4) is 11.1 Å². The molecule has 1 aromatic heterocycles. The molecular weight excluding hydrogens is 400 g/mol. The fraction of sp³-hybridized carbons (Fsp3) is 0.375. The Kier molecular flexibility index (Phi) is 6.16. The number of aliphatic hydroxyl groups is 1. The van der Waals surface area contributed by atoms with Crippen LogP contribution in [0.25, 0.3) is 22.0 Å². The molecule has 1 aliphatic rings. The maximum absolute atomic E-state index is 11.5. The van der Waals surface area contributed by atoms with Crippen molar-refractivity contribution in [2.45, 2.75) is 53.2 Å². The SMILES string of the molecule is CC(C)(C)O.Cc1ccc(-c2c(CC(=O)O)c(Cl)c3c4c2cc(C)n4CCN3)cc1. The first kappa shape index (κ1) is 22.2. The summed E-state index contributed by atoms with van der Waals surface area (Å²) in [4.78, 5) is 11.5. The predicted octanol–water partition coefficient (Wildman–Crippen LogP) is 5.41. The van der Waals surface area contributed by atoms with E-state index >= 15 is 0 Å². The van der Waals surface area contributed by atoms with Crippen LogP contribution in [0.5, 0.6) is 0 Å². The lowest BCUT2D eigenvalue weighted by atomic mass is 9.92. The van der Waals surface area contributed by atoms with Crippen molar-refractivity contribution < 1.29 is 15.0 Å². The lowest BCUT2D eigenvalue weighted by Gasteiger charge is -2.24. The lowest BCUT2D eigenvalue weighted by Crippen LogP contribution is -2.18. The molecule has 2 heterocycles. The van der Waals surface area contributed by atoms with Gasteiger partial charge < -0.3 is 20.1 Å². The van der Waals surface area contributed by atoms with Gasteiger partial charge in [0.15, 0.2) is 0 Å². The summed E-state index contributed by atoms with van der Waals surface area (Å²) in [5.41, 5.74) is 6.34. The third kappa shape index (κ3) is 4.63. The molecule has 0 atom stereocenters. The second-order valence-electron chi connectivity index (χ2n) is 8.78. The number of carbonyl (C=O) groups is 1. The monoisotopic (exact) mass is 428 g/mol. The zero-order valence-electron chi connectivity index (χ0n) is 18.1. The first-order valence-electron chi connectivity index (χ1n) is 10.1. The van der Waals surface area contributed by atoms with E-state index in [0.29, 0.717) is 10.6 Å². The van der Waals surface area contributed by atoms with E-state index in [0.717, 1.165) is 46.5 Å². The van der Waals surface area contributed by atoms with Crippen molar-refractivity contribution in [1.29, 1.82) is 0 Å². The molecule has 1 aliphatic heterocycles. The molecule has 0 saturated heterocycles. The second kappa shape index (κ2) is 8.32. The van der Waals surface area contributed by atoms with E-state index in [2.05, 4.69) is 22.9 Å². The summed E-state index contributed by atoms with van der Waals surface area (Å²) in [5.74, 6) is -0.881. The van der Waals surface area contributed by atoms with Gasteiger partial charge in [-0.3, -0.25) is 4.79 Å². The van der Waals surface area contributed by atoms with E-state index in [1.54, 1.807) is 20.8 Å². The van der Waals surface area contributed by atoms with Crippen LogP contribution in [0.4, 0.5) is 5.69 Å². The van der Waals surface area contributed by atoms with Crippen molar-refractivity contribution in [3.63, 3.8) is 0 Å². The molecule has 0 bridgehead atoms. The number of hydrogen-bond acceptors (Lipinski definition) is 3. The van der Waals surface area contributed by atoms with Crippen molar-refractivity contribution in [2.75, 3.05) is 11.9 Å². The van der Waals surface area contributed by atoms with Crippen molar-refractivity contribution >= 4 is 34.2 Å². The molecule has 30 heavy (non-hydrogen) atoms. The number of nitrogens with one attached hydrogen (secondary N) is 1. The number of aryl methyl sites for hydroxylation is 2. The fourth-order valence-corrected chi connectivity index (χ4v) is 4.09. The van der Waals surface area contributed by atoms with E-state index in [9.17, 15) is 9.90 Å². The number of aromatic nitrogens is 1. The Labute approximate surface area is 182 Å². The molecule has 3 N–H and O–H groups in total. The first-order chi connectivity index (χ1) is 14.0. The molecule has 0 spiro atoms. The van der Waals surface area contributed by atoms with Gasteiger partial charge in [0.2, 0.25) is 0 Å². The number of anilines is 1. The Hall–Kier alpha value is -2.50. The van der Waals surface area contributed by atoms with Gasteiger partial charge in [-0.05, 0) is 57.4 Å². The highest BCUT2D eigenvalue weighted by molar-refractivity contribution is 6.37.